The van der Waals surface area contributed by atoms with Crippen LogP contribution in [0, 0.1) is 5.82 Å². The van der Waals surface area contributed by atoms with Gasteiger partial charge in [0.15, 0.2) is 0 Å². The molecule has 1 aliphatic rings. The first-order valence-corrected chi connectivity index (χ1v) is 10.6. The minimum atomic E-state index is -0.350. The summed E-state index contributed by atoms with van der Waals surface area (Å²) in [5.74, 6) is 1.02. The maximum atomic E-state index is 13.1. The number of benzene rings is 2. The van der Waals surface area contributed by atoms with Gasteiger partial charge in [-0.1, -0.05) is 42.1 Å². The Morgan fingerprint density at radius 2 is 1.83 bits per heavy atom. The van der Waals surface area contributed by atoms with Crippen molar-refractivity contribution in [1.82, 2.24) is 20.1 Å². The number of nitrogens with one attached hydrogen (secondary N) is 1. The quantitative estimate of drug-likeness (QED) is 0.577. The van der Waals surface area contributed by atoms with E-state index in [0.717, 1.165) is 29.9 Å². The molecule has 2 aromatic carbocycles. The van der Waals surface area contributed by atoms with E-state index < -0.39 is 0 Å². The Bertz CT molecular complexity index is 986. The van der Waals surface area contributed by atoms with Gasteiger partial charge in [0.2, 0.25) is 11.1 Å². The van der Waals surface area contributed by atoms with Crippen molar-refractivity contribution in [2.45, 2.75) is 49.1 Å². The van der Waals surface area contributed by atoms with Gasteiger partial charge in [-0.2, -0.15) is 0 Å². The zero-order valence-corrected chi connectivity index (χ0v) is 17.2. The van der Waals surface area contributed by atoms with Crippen LogP contribution >= 0.6 is 11.8 Å². The number of halogens is 1. The molecule has 0 unspecified atom stereocenters. The largest absolute Gasteiger partial charge is 0.349 e. The lowest BCUT2D eigenvalue weighted by molar-refractivity contribution is -0.120. The number of rotatable bonds is 7. The normalized spacial score (nSPS) is 15.7. The van der Waals surface area contributed by atoms with Gasteiger partial charge < -0.3 is 5.32 Å². The number of aromatic nitrogens is 3. The maximum Gasteiger partial charge on any atom is 0.233 e. The Morgan fingerprint density at radius 1 is 1.14 bits per heavy atom. The molecule has 1 amide bonds. The summed E-state index contributed by atoms with van der Waals surface area (Å²) in [6, 6.07) is 15.9. The number of hydrogen-bond donors (Lipinski definition) is 1. The molecule has 1 aromatic heterocycles. The molecule has 29 heavy (non-hydrogen) atoms. The van der Waals surface area contributed by atoms with Crippen LogP contribution < -0.4 is 5.32 Å². The zero-order valence-electron chi connectivity index (χ0n) is 16.4. The van der Waals surface area contributed by atoms with Crippen LogP contribution in [0.1, 0.15) is 50.0 Å². The van der Waals surface area contributed by atoms with Gasteiger partial charge in [-0.3, -0.25) is 4.79 Å². The summed E-state index contributed by atoms with van der Waals surface area (Å²) in [5.41, 5.74) is 1.84. The molecular weight excluding hydrogens is 387 g/mol. The standard InChI is InChI=1S/C22H23FN4OS/c1-14(16-10-12-18(23)13-11-16)24-21(28)15(2)29-22-25-20(17-8-9-17)27(26-22)19-6-4-3-5-7-19/h3-7,10-15,17H,8-9H2,1-2H3,(H,24,28)/t14-,15-/m1/s1. The highest BCUT2D eigenvalue weighted by molar-refractivity contribution is 8.00. The van der Waals surface area contributed by atoms with Gasteiger partial charge in [0.1, 0.15) is 11.6 Å². The number of thioether (sulfide) groups is 1. The van der Waals surface area contributed by atoms with Crippen molar-refractivity contribution in [2.24, 2.45) is 0 Å². The van der Waals surface area contributed by atoms with Gasteiger partial charge in [-0.25, -0.2) is 14.1 Å². The summed E-state index contributed by atoms with van der Waals surface area (Å²) < 4.78 is 15.0. The minimum Gasteiger partial charge on any atom is -0.349 e. The predicted octanol–water partition coefficient (Wildman–Crippen LogP) is 4.64. The molecule has 150 valence electrons. The van der Waals surface area contributed by atoms with E-state index in [1.54, 1.807) is 12.1 Å². The second kappa shape index (κ2) is 8.37. The predicted molar refractivity (Wildman–Crippen MR) is 112 cm³/mol. The summed E-state index contributed by atoms with van der Waals surface area (Å²) >= 11 is 1.35. The van der Waals surface area contributed by atoms with Gasteiger partial charge in [-0.05, 0) is 56.5 Å². The monoisotopic (exact) mass is 410 g/mol. The molecule has 1 N–H and O–H groups in total. The van der Waals surface area contributed by atoms with Crippen molar-refractivity contribution in [1.29, 1.82) is 0 Å². The average molecular weight is 411 g/mol. The smallest absolute Gasteiger partial charge is 0.233 e. The molecule has 4 rings (SSSR count). The maximum absolute atomic E-state index is 13.1. The van der Waals surface area contributed by atoms with Crippen molar-refractivity contribution in [3.8, 4) is 5.69 Å². The van der Waals surface area contributed by atoms with E-state index in [1.807, 2.05) is 48.9 Å². The zero-order chi connectivity index (χ0) is 20.4. The number of amides is 1. The first-order chi connectivity index (χ1) is 14.0. The van der Waals surface area contributed by atoms with E-state index in [2.05, 4.69) is 10.4 Å². The van der Waals surface area contributed by atoms with Crippen LogP contribution in [0.4, 0.5) is 4.39 Å². The van der Waals surface area contributed by atoms with Gasteiger partial charge in [0.05, 0.1) is 17.0 Å². The summed E-state index contributed by atoms with van der Waals surface area (Å²) in [7, 11) is 0. The molecular formula is C22H23FN4OS. The fourth-order valence-electron chi connectivity index (χ4n) is 3.10. The van der Waals surface area contributed by atoms with Crippen molar-refractivity contribution in [3.05, 3.63) is 71.8 Å². The molecule has 1 heterocycles. The van der Waals surface area contributed by atoms with E-state index in [-0.39, 0.29) is 23.0 Å². The molecule has 2 atom stereocenters. The van der Waals surface area contributed by atoms with Crippen molar-refractivity contribution >= 4 is 17.7 Å². The molecule has 1 fully saturated rings. The van der Waals surface area contributed by atoms with Crippen LogP contribution in [-0.4, -0.2) is 25.9 Å². The van der Waals surface area contributed by atoms with Gasteiger partial charge >= 0.3 is 0 Å². The highest BCUT2D eigenvalue weighted by Crippen LogP contribution is 2.40. The molecule has 3 aromatic rings. The third-order valence-electron chi connectivity index (χ3n) is 4.94. The summed E-state index contributed by atoms with van der Waals surface area (Å²) in [5, 5.41) is 7.89. The summed E-state index contributed by atoms with van der Waals surface area (Å²) in [6.45, 7) is 3.73. The first kappa shape index (κ1) is 19.6. The lowest BCUT2D eigenvalue weighted by Gasteiger charge is -2.17. The SMILES string of the molecule is C[C@@H](Sc1nc(C2CC2)n(-c2ccccc2)n1)C(=O)N[C@H](C)c1ccc(F)cc1. The van der Waals surface area contributed by atoms with Gasteiger partial charge in [-0.15, -0.1) is 5.10 Å². The number of nitrogens with zero attached hydrogens (tertiary/aromatic N) is 3. The van der Waals surface area contributed by atoms with E-state index in [4.69, 9.17) is 4.98 Å². The molecule has 0 spiro atoms. The average Bonchev–Trinajstić information content (AvgIpc) is 3.49. The number of carbonyl (C=O) groups is 1. The third kappa shape index (κ3) is 4.67. The number of hydrogen-bond acceptors (Lipinski definition) is 4. The Labute approximate surface area is 173 Å². The van der Waals surface area contributed by atoms with Crippen molar-refractivity contribution in [2.75, 3.05) is 0 Å². The molecule has 7 heteroatoms. The second-order valence-electron chi connectivity index (χ2n) is 7.32. The van der Waals surface area contributed by atoms with Crippen LogP contribution in [0.15, 0.2) is 59.8 Å². The number of para-hydroxylation sites is 1. The molecule has 0 bridgehead atoms. The number of carbonyl (C=O) groups excluding carboxylic acids is 1. The Morgan fingerprint density at radius 3 is 2.48 bits per heavy atom. The lowest BCUT2D eigenvalue weighted by Crippen LogP contribution is -2.33. The second-order valence-corrected chi connectivity index (χ2v) is 8.62. The fraction of sp³-hybridized carbons (Fsp3) is 0.318. The van der Waals surface area contributed by atoms with Crippen LogP contribution in [0.25, 0.3) is 5.69 Å². The first-order valence-electron chi connectivity index (χ1n) is 9.76. The summed E-state index contributed by atoms with van der Waals surface area (Å²) in [6.07, 6.45) is 2.25. The molecule has 0 aliphatic heterocycles. The topological polar surface area (TPSA) is 59.8 Å². The highest BCUT2D eigenvalue weighted by Gasteiger charge is 2.31. The minimum absolute atomic E-state index is 0.101. The molecule has 5 nitrogen and oxygen atoms in total. The van der Waals surface area contributed by atoms with E-state index in [0.29, 0.717) is 11.1 Å². The molecule has 0 radical (unpaired) electrons. The molecule has 0 saturated heterocycles. The van der Waals surface area contributed by atoms with Crippen molar-refractivity contribution in [3.63, 3.8) is 0 Å². The Balaban J connectivity index is 1.44. The van der Waals surface area contributed by atoms with E-state index >= 15 is 0 Å². The third-order valence-corrected chi connectivity index (χ3v) is 5.89. The van der Waals surface area contributed by atoms with Crippen LogP contribution in [0.2, 0.25) is 0 Å². The fourth-order valence-corrected chi connectivity index (χ4v) is 3.86. The molecule has 1 saturated carbocycles. The van der Waals surface area contributed by atoms with Crippen LogP contribution in [-0.2, 0) is 4.79 Å². The van der Waals surface area contributed by atoms with Gasteiger partial charge in [0.25, 0.3) is 0 Å². The van der Waals surface area contributed by atoms with Gasteiger partial charge in [0, 0.05) is 5.92 Å². The lowest BCUT2D eigenvalue weighted by atomic mass is 10.1. The Hall–Kier alpha value is -2.67. The Kier molecular flexibility index (Phi) is 5.67. The summed E-state index contributed by atoms with van der Waals surface area (Å²) in [4.78, 5) is 17.3. The van der Waals surface area contributed by atoms with E-state index in [9.17, 15) is 9.18 Å². The van der Waals surface area contributed by atoms with Crippen LogP contribution in [0.3, 0.4) is 0 Å². The van der Waals surface area contributed by atoms with E-state index in [1.165, 1.54) is 23.9 Å². The molecule has 1 aliphatic carbocycles. The van der Waals surface area contributed by atoms with Crippen LogP contribution in [0.5, 0.6) is 0 Å². The van der Waals surface area contributed by atoms with Crippen molar-refractivity contribution < 1.29 is 9.18 Å². The highest BCUT2D eigenvalue weighted by atomic mass is 32.2.